The van der Waals surface area contributed by atoms with Crippen LogP contribution in [0.5, 0.6) is 0 Å². The number of benzene rings is 2. The maximum Gasteiger partial charge on any atom is 0.414 e. The van der Waals surface area contributed by atoms with Gasteiger partial charge in [-0.25, -0.2) is 9.59 Å². The molecule has 2 aromatic rings. The highest BCUT2D eigenvalue weighted by Gasteiger charge is 2.19. The zero-order chi connectivity index (χ0) is 16.8. The predicted molar refractivity (Wildman–Crippen MR) is 85.2 cm³/mol. The van der Waals surface area contributed by atoms with Gasteiger partial charge in [0.15, 0.2) is 0 Å². The van der Waals surface area contributed by atoms with Gasteiger partial charge in [0.1, 0.15) is 6.61 Å². The third-order valence-electron chi connectivity index (χ3n) is 2.88. The third kappa shape index (κ3) is 4.65. The van der Waals surface area contributed by atoms with E-state index in [0.29, 0.717) is 4.47 Å². The number of halogens is 1. The zero-order valence-electron chi connectivity index (χ0n) is 11.8. The fraction of sp³-hybridized carbons (Fsp3) is 0.0625. The minimum absolute atomic E-state index is 0.00603. The molecule has 0 atom stereocenters. The number of carboxylic acid groups (broad SMARTS) is 1. The third-order valence-corrected chi connectivity index (χ3v) is 3.38. The molecule has 6 nitrogen and oxygen atoms in total. The summed E-state index contributed by atoms with van der Waals surface area (Å²) >= 11 is 3.13. The van der Waals surface area contributed by atoms with Crippen LogP contribution < -0.4 is 5.32 Å². The van der Waals surface area contributed by atoms with Crippen LogP contribution in [0, 0.1) is 0 Å². The van der Waals surface area contributed by atoms with E-state index in [1.807, 2.05) is 11.4 Å². The highest BCUT2D eigenvalue weighted by Crippen LogP contribution is 2.17. The number of ether oxygens (including phenoxy) is 1. The lowest BCUT2D eigenvalue weighted by molar-refractivity contribution is 0.0689. The number of nitrogens with one attached hydrogen (secondary N) is 1. The summed E-state index contributed by atoms with van der Waals surface area (Å²) < 4.78 is 5.43. The van der Waals surface area contributed by atoms with E-state index in [9.17, 15) is 14.4 Å². The fourth-order valence-electron chi connectivity index (χ4n) is 1.81. The van der Waals surface area contributed by atoms with Crippen LogP contribution in [0.3, 0.4) is 0 Å². The molecule has 0 unspecified atom stereocenters. The van der Waals surface area contributed by atoms with Crippen LogP contribution >= 0.6 is 15.9 Å². The Labute approximate surface area is 140 Å². The molecule has 2 amide bonds. The highest BCUT2D eigenvalue weighted by molar-refractivity contribution is 9.10. The lowest BCUT2D eigenvalue weighted by atomic mass is 10.1. The molecule has 0 heterocycles. The topological polar surface area (TPSA) is 92.7 Å². The standard InChI is InChI=1S/C16H12BrNO5/c17-11-6-7-12(13(8-11)15(20)21)14(19)18-16(22)23-9-10-4-2-1-3-5-10/h1-8H,9H2,(H,20,21)(H,18,19,22). The van der Waals surface area contributed by atoms with Gasteiger partial charge in [0, 0.05) is 4.47 Å². The molecule has 2 rings (SSSR count). The van der Waals surface area contributed by atoms with Gasteiger partial charge in [-0.3, -0.25) is 10.1 Å². The van der Waals surface area contributed by atoms with E-state index in [1.54, 1.807) is 24.3 Å². The Balaban J connectivity index is 2.01. The smallest absolute Gasteiger partial charge is 0.414 e. The normalized spacial score (nSPS) is 9.96. The summed E-state index contributed by atoms with van der Waals surface area (Å²) in [6.07, 6.45) is -0.946. The molecule has 0 aromatic heterocycles. The molecule has 0 aliphatic heterocycles. The Bertz CT molecular complexity index is 745. The van der Waals surface area contributed by atoms with E-state index >= 15 is 0 Å². The first-order valence-electron chi connectivity index (χ1n) is 6.52. The second-order valence-corrected chi connectivity index (χ2v) is 5.43. The molecule has 2 aromatic carbocycles. The highest BCUT2D eigenvalue weighted by atomic mass is 79.9. The van der Waals surface area contributed by atoms with Crippen molar-refractivity contribution in [1.29, 1.82) is 0 Å². The molecule has 7 heteroatoms. The van der Waals surface area contributed by atoms with E-state index in [0.717, 1.165) is 5.56 Å². The molecule has 0 radical (unpaired) electrons. The van der Waals surface area contributed by atoms with Crippen LogP contribution in [0.25, 0.3) is 0 Å². The number of rotatable bonds is 4. The van der Waals surface area contributed by atoms with E-state index < -0.39 is 18.0 Å². The minimum Gasteiger partial charge on any atom is -0.478 e. The number of carboxylic acids is 1. The van der Waals surface area contributed by atoms with Crippen LogP contribution in [0.4, 0.5) is 4.79 Å². The first kappa shape index (κ1) is 16.7. The molecule has 0 aliphatic rings. The molecule has 23 heavy (non-hydrogen) atoms. The number of hydrogen-bond donors (Lipinski definition) is 2. The lowest BCUT2D eigenvalue weighted by Crippen LogP contribution is -2.32. The summed E-state index contributed by atoms with van der Waals surface area (Å²) in [7, 11) is 0. The molecule has 118 valence electrons. The number of amides is 2. The quantitative estimate of drug-likeness (QED) is 0.852. The van der Waals surface area contributed by atoms with Crippen LogP contribution in [-0.2, 0) is 11.3 Å². The molecule has 0 fully saturated rings. The number of imide groups is 1. The Morgan fingerprint density at radius 1 is 1.04 bits per heavy atom. The van der Waals surface area contributed by atoms with Crippen LogP contribution in [0.15, 0.2) is 53.0 Å². The van der Waals surface area contributed by atoms with Crippen molar-refractivity contribution in [3.05, 3.63) is 69.7 Å². The number of carbonyl (C=O) groups excluding carboxylic acids is 2. The van der Waals surface area contributed by atoms with Crippen molar-refractivity contribution in [2.24, 2.45) is 0 Å². The van der Waals surface area contributed by atoms with Gasteiger partial charge >= 0.3 is 12.1 Å². The van der Waals surface area contributed by atoms with E-state index in [2.05, 4.69) is 15.9 Å². The van der Waals surface area contributed by atoms with Gasteiger partial charge in [0.05, 0.1) is 11.1 Å². The first-order chi connectivity index (χ1) is 11.0. The van der Waals surface area contributed by atoms with Crippen molar-refractivity contribution in [2.75, 3.05) is 0 Å². The number of hydrogen-bond acceptors (Lipinski definition) is 4. The Hall–Kier alpha value is -2.67. The van der Waals surface area contributed by atoms with Crippen molar-refractivity contribution < 1.29 is 24.2 Å². The maximum atomic E-state index is 12.0. The molecular weight excluding hydrogens is 366 g/mol. The van der Waals surface area contributed by atoms with Crippen LogP contribution in [-0.4, -0.2) is 23.1 Å². The van der Waals surface area contributed by atoms with Crippen molar-refractivity contribution in [2.45, 2.75) is 6.61 Å². The molecule has 2 N–H and O–H groups in total. The van der Waals surface area contributed by atoms with Gasteiger partial charge < -0.3 is 9.84 Å². The van der Waals surface area contributed by atoms with Crippen molar-refractivity contribution in [1.82, 2.24) is 5.32 Å². The Morgan fingerprint density at radius 3 is 2.39 bits per heavy atom. The summed E-state index contributed by atoms with van der Waals surface area (Å²) in [6.45, 7) is 0.00603. The second-order valence-electron chi connectivity index (χ2n) is 4.51. The fourth-order valence-corrected chi connectivity index (χ4v) is 2.17. The summed E-state index contributed by atoms with van der Waals surface area (Å²) in [6, 6.07) is 13.1. The Morgan fingerprint density at radius 2 is 1.74 bits per heavy atom. The van der Waals surface area contributed by atoms with Gasteiger partial charge in [-0.05, 0) is 23.8 Å². The molecule has 0 bridgehead atoms. The monoisotopic (exact) mass is 377 g/mol. The van der Waals surface area contributed by atoms with Gasteiger partial charge in [-0.15, -0.1) is 0 Å². The SMILES string of the molecule is O=C(NC(=O)c1ccc(Br)cc1C(=O)O)OCc1ccccc1. The summed E-state index contributed by atoms with van der Waals surface area (Å²) in [5, 5.41) is 11.1. The van der Waals surface area contributed by atoms with Crippen LogP contribution in [0.2, 0.25) is 0 Å². The number of aromatic carboxylic acids is 1. The van der Waals surface area contributed by atoms with Crippen molar-refractivity contribution in [3.63, 3.8) is 0 Å². The van der Waals surface area contributed by atoms with Gasteiger partial charge in [-0.1, -0.05) is 46.3 Å². The van der Waals surface area contributed by atoms with Crippen molar-refractivity contribution in [3.8, 4) is 0 Å². The van der Waals surface area contributed by atoms with Crippen LogP contribution in [0.1, 0.15) is 26.3 Å². The molecular formula is C16H12BrNO5. The molecule has 0 saturated carbocycles. The van der Waals surface area contributed by atoms with Crippen molar-refractivity contribution >= 4 is 33.9 Å². The maximum absolute atomic E-state index is 12.0. The van der Waals surface area contributed by atoms with Gasteiger partial charge in [0.25, 0.3) is 5.91 Å². The number of alkyl carbamates (subject to hydrolysis) is 1. The summed E-state index contributed by atoms with van der Waals surface area (Å²) in [5.41, 5.74) is 0.426. The van der Waals surface area contributed by atoms with E-state index in [-0.39, 0.29) is 17.7 Å². The number of carbonyl (C=O) groups is 3. The lowest BCUT2D eigenvalue weighted by Gasteiger charge is -2.08. The molecule has 0 saturated heterocycles. The predicted octanol–water partition coefficient (Wildman–Crippen LogP) is 3.21. The van der Waals surface area contributed by atoms with E-state index in [1.165, 1.54) is 18.2 Å². The minimum atomic E-state index is -1.27. The first-order valence-corrected chi connectivity index (χ1v) is 7.31. The average molecular weight is 378 g/mol. The van der Waals surface area contributed by atoms with Gasteiger partial charge in [-0.2, -0.15) is 0 Å². The Kier molecular flexibility index (Phi) is 5.48. The molecule has 0 aliphatic carbocycles. The largest absolute Gasteiger partial charge is 0.478 e. The summed E-state index contributed by atoms with van der Waals surface area (Å²) in [5.74, 6) is -2.11. The zero-order valence-corrected chi connectivity index (χ0v) is 13.4. The average Bonchev–Trinajstić information content (AvgIpc) is 2.53. The van der Waals surface area contributed by atoms with E-state index in [4.69, 9.17) is 9.84 Å². The summed E-state index contributed by atoms with van der Waals surface area (Å²) in [4.78, 5) is 34.8. The molecule has 0 spiro atoms. The second kappa shape index (κ2) is 7.55. The van der Waals surface area contributed by atoms with Gasteiger partial charge in [0.2, 0.25) is 0 Å².